The van der Waals surface area contributed by atoms with E-state index in [4.69, 9.17) is 14.1 Å². The summed E-state index contributed by atoms with van der Waals surface area (Å²) in [6, 6.07) is 16.6. The molecular weight excluding hydrogens is 512 g/mol. The van der Waals surface area contributed by atoms with Gasteiger partial charge in [-0.25, -0.2) is 9.97 Å². The molecule has 208 valence electrons. The number of benzene rings is 1. The molecule has 0 N–H and O–H groups in total. The Bertz CT molecular complexity index is 1830. The zero-order chi connectivity index (χ0) is 27.8. The fourth-order valence-corrected chi connectivity index (χ4v) is 7.21. The number of ether oxygens (including phenoxy) is 1. The van der Waals surface area contributed by atoms with Crippen molar-refractivity contribution in [2.45, 2.75) is 52.1 Å². The molecule has 1 amide bonds. The molecule has 2 bridgehead atoms. The Kier molecular flexibility index (Phi) is 5.53. The first-order valence-electron chi connectivity index (χ1n) is 14.8. The third kappa shape index (κ3) is 3.97. The predicted octanol–water partition coefficient (Wildman–Crippen LogP) is 7.11. The van der Waals surface area contributed by atoms with Gasteiger partial charge in [0.2, 0.25) is 5.88 Å². The summed E-state index contributed by atoms with van der Waals surface area (Å²) in [5, 5.41) is 2.13. The van der Waals surface area contributed by atoms with Crippen LogP contribution in [0.3, 0.4) is 0 Å². The SMILES string of the molecule is COc1cc(-c2ccc3cc(-c4oc5cc(C(=O)N6CC7CCC6C7C)ccc5c4C)n(CC4CC4)c3n2)ccn1. The van der Waals surface area contributed by atoms with Crippen LogP contribution in [-0.4, -0.2) is 45.0 Å². The van der Waals surface area contributed by atoms with Crippen molar-refractivity contribution in [2.75, 3.05) is 13.7 Å². The zero-order valence-corrected chi connectivity index (χ0v) is 23.8. The van der Waals surface area contributed by atoms with Gasteiger partial charge in [-0.15, -0.1) is 0 Å². The second-order valence-corrected chi connectivity index (χ2v) is 12.3. The van der Waals surface area contributed by atoms with Crippen LogP contribution in [0.4, 0.5) is 0 Å². The third-order valence-electron chi connectivity index (χ3n) is 9.82. The molecule has 0 spiro atoms. The quantitative estimate of drug-likeness (QED) is 0.227. The van der Waals surface area contributed by atoms with E-state index in [9.17, 15) is 4.79 Å². The average molecular weight is 547 g/mol. The number of aryl methyl sites for hydroxylation is 1. The van der Waals surface area contributed by atoms with Crippen LogP contribution >= 0.6 is 0 Å². The molecule has 7 nitrogen and oxygen atoms in total. The molecule has 8 rings (SSSR count). The first-order valence-corrected chi connectivity index (χ1v) is 14.8. The minimum absolute atomic E-state index is 0.133. The Balaban J connectivity index is 1.20. The van der Waals surface area contributed by atoms with E-state index in [0.29, 0.717) is 29.7 Å². The summed E-state index contributed by atoms with van der Waals surface area (Å²) in [4.78, 5) is 25.0. The molecule has 2 saturated carbocycles. The van der Waals surface area contributed by atoms with Crippen LogP contribution in [0.2, 0.25) is 0 Å². The molecule has 41 heavy (non-hydrogen) atoms. The maximum atomic E-state index is 13.5. The summed E-state index contributed by atoms with van der Waals surface area (Å²) >= 11 is 0. The van der Waals surface area contributed by atoms with Crippen LogP contribution < -0.4 is 4.74 Å². The molecular formula is C34H34N4O3. The minimum Gasteiger partial charge on any atom is -0.481 e. The lowest BCUT2D eigenvalue weighted by atomic mass is 10.0. The van der Waals surface area contributed by atoms with Crippen molar-refractivity contribution < 1.29 is 13.9 Å². The van der Waals surface area contributed by atoms with Crippen molar-refractivity contribution >= 4 is 27.9 Å². The van der Waals surface area contributed by atoms with Gasteiger partial charge in [0.15, 0.2) is 5.76 Å². The highest BCUT2D eigenvalue weighted by atomic mass is 16.5. The molecule has 7 heteroatoms. The highest BCUT2D eigenvalue weighted by Crippen LogP contribution is 2.44. The molecule has 3 fully saturated rings. The van der Waals surface area contributed by atoms with Gasteiger partial charge in [0, 0.05) is 58.9 Å². The standard InChI is InChI=1S/C34H34N4O3/c1-19-25-8-11-28(19)38(18-25)34(39)24-6-9-26-20(2)32(41-30(26)15-24)29-14-23-7-10-27(22-12-13-35-31(16-22)40-3)36-33(23)37(29)17-21-4-5-21/h6-7,9-10,12-16,19,21,25,28H,4-5,8,11,17-18H2,1-3H3. The maximum Gasteiger partial charge on any atom is 0.254 e. The van der Waals surface area contributed by atoms with Gasteiger partial charge < -0.3 is 18.6 Å². The first kappa shape index (κ1) is 24.6. The van der Waals surface area contributed by atoms with E-state index in [1.807, 2.05) is 24.3 Å². The third-order valence-corrected chi connectivity index (χ3v) is 9.82. The van der Waals surface area contributed by atoms with Crippen LogP contribution in [0.25, 0.3) is 44.7 Å². The molecule has 0 radical (unpaired) electrons. The van der Waals surface area contributed by atoms with Crippen molar-refractivity contribution in [1.82, 2.24) is 19.4 Å². The number of piperidine rings is 1. The number of nitrogens with zero attached hydrogens (tertiary/aromatic N) is 4. The molecule has 3 unspecified atom stereocenters. The number of carbonyl (C=O) groups excluding carboxylic acids is 1. The number of aromatic nitrogens is 3. The Hall–Kier alpha value is -4.13. The van der Waals surface area contributed by atoms with Crippen LogP contribution in [-0.2, 0) is 6.54 Å². The number of fused-ring (bicyclic) bond motifs is 4. The lowest BCUT2D eigenvalue weighted by molar-refractivity contribution is 0.0696. The lowest BCUT2D eigenvalue weighted by Gasteiger charge is -2.27. The van der Waals surface area contributed by atoms with Crippen molar-refractivity contribution in [3.63, 3.8) is 0 Å². The predicted molar refractivity (Wildman–Crippen MR) is 159 cm³/mol. The fraction of sp³-hybridized carbons (Fsp3) is 0.382. The smallest absolute Gasteiger partial charge is 0.254 e. The Labute approximate surface area is 239 Å². The number of pyridine rings is 2. The van der Waals surface area contributed by atoms with Crippen molar-refractivity contribution in [1.29, 1.82) is 0 Å². The topological polar surface area (TPSA) is 73.4 Å². The molecule has 4 aromatic heterocycles. The maximum absolute atomic E-state index is 13.5. The highest BCUT2D eigenvalue weighted by Gasteiger charge is 2.46. The van der Waals surface area contributed by atoms with E-state index in [0.717, 1.165) is 75.4 Å². The molecule has 3 aliphatic rings. The van der Waals surface area contributed by atoms with Gasteiger partial charge in [-0.1, -0.05) is 13.0 Å². The largest absolute Gasteiger partial charge is 0.481 e. The van der Waals surface area contributed by atoms with Gasteiger partial charge in [0.05, 0.1) is 18.5 Å². The van der Waals surface area contributed by atoms with Crippen LogP contribution in [0, 0.1) is 24.7 Å². The second-order valence-electron chi connectivity index (χ2n) is 12.3. The average Bonchev–Trinajstić information content (AvgIpc) is 3.41. The Morgan fingerprint density at radius 3 is 2.71 bits per heavy atom. The number of hydrogen-bond donors (Lipinski definition) is 0. The van der Waals surface area contributed by atoms with E-state index in [-0.39, 0.29) is 5.91 Å². The number of furan rings is 1. The number of hydrogen-bond acceptors (Lipinski definition) is 5. The minimum atomic E-state index is 0.133. The molecule has 5 aromatic rings. The van der Waals surface area contributed by atoms with Crippen LogP contribution in [0.1, 0.15) is 48.5 Å². The second kappa shape index (κ2) is 9.20. The van der Waals surface area contributed by atoms with E-state index < -0.39 is 0 Å². The van der Waals surface area contributed by atoms with Crippen molar-refractivity contribution in [3.05, 3.63) is 65.9 Å². The Morgan fingerprint density at radius 2 is 1.95 bits per heavy atom. The van der Waals surface area contributed by atoms with Gasteiger partial charge in [-0.05, 0) is 86.8 Å². The normalized spacial score (nSPS) is 21.8. The number of likely N-dealkylation sites (tertiary alicyclic amines) is 1. The van der Waals surface area contributed by atoms with E-state index in [1.165, 1.54) is 19.3 Å². The van der Waals surface area contributed by atoms with E-state index in [1.54, 1.807) is 13.3 Å². The van der Waals surface area contributed by atoms with Gasteiger partial charge in [-0.3, -0.25) is 4.79 Å². The molecule has 2 aliphatic carbocycles. The van der Waals surface area contributed by atoms with Gasteiger partial charge in [0.1, 0.15) is 11.2 Å². The van der Waals surface area contributed by atoms with Gasteiger partial charge >= 0.3 is 0 Å². The zero-order valence-electron chi connectivity index (χ0n) is 23.8. The highest BCUT2D eigenvalue weighted by molar-refractivity contribution is 6.00. The number of carbonyl (C=O) groups is 1. The number of amides is 1. The van der Waals surface area contributed by atoms with Crippen LogP contribution in [0.15, 0.2) is 59.1 Å². The van der Waals surface area contributed by atoms with E-state index in [2.05, 4.69) is 52.6 Å². The summed E-state index contributed by atoms with van der Waals surface area (Å²) in [7, 11) is 1.63. The number of rotatable bonds is 6. The summed E-state index contributed by atoms with van der Waals surface area (Å²) in [5.41, 5.74) is 6.42. The summed E-state index contributed by atoms with van der Waals surface area (Å²) in [6.07, 6.45) is 6.60. The van der Waals surface area contributed by atoms with Gasteiger partial charge in [-0.2, -0.15) is 0 Å². The molecule has 1 aliphatic heterocycles. The van der Waals surface area contributed by atoms with Crippen molar-refractivity contribution in [2.24, 2.45) is 17.8 Å². The lowest BCUT2D eigenvalue weighted by Crippen LogP contribution is -2.38. The van der Waals surface area contributed by atoms with E-state index >= 15 is 0 Å². The van der Waals surface area contributed by atoms with Crippen molar-refractivity contribution in [3.8, 4) is 28.6 Å². The van der Waals surface area contributed by atoms with Gasteiger partial charge in [0.25, 0.3) is 5.91 Å². The number of methoxy groups -OCH3 is 1. The monoisotopic (exact) mass is 546 g/mol. The fourth-order valence-electron chi connectivity index (χ4n) is 7.21. The first-order chi connectivity index (χ1) is 20.0. The summed E-state index contributed by atoms with van der Waals surface area (Å²) < 4.78 is 14.3. The molecule has 1 saturated heterocycles. The molecule has 1 aromatic carbocycles. The summed E-state index contributed by atoms with van der Waals surface area (Å²) in [6.45, 7) is 6.21. The summed E-state index contributed by atoms with van der Waals surface area (Å²) in [5.74, 6) is 3.46. The molecule has 3 atom stereocenters. The Morgan fingerprint density at radius 1 is 1.07 bits per heavy atom. The van der Waals surface area contributed by atoms with Crippen LogP contribution in [0.5, 0.6) is 5.88 Å². The molecule has 5 heterocycles.